The van der Waals surface area contributed by atoms with E-state index in [2.05, 4.69) is 5.32 Å². The SMILES string of the molecule is COc1ccc(OC)c(C2SCC(=O)N(CC(=O)NCCN(C)C)c3c2c(-c2ccc(Cl)cc2)nn3-c2ccc(C)cc2)c1. The van der Waals surface area contributed by atoms with Crippen LogP contribution in [0.2, 0.25) is 5.02 Å². The van der Waals surface area contributed by atoms with Crippen LogP contribution < -0.4 is 19.7 Å². The number of fused-ring (bicyclic) bond motifs is 1. The van der Waals surface area contributed by atoms with Crippen molar-refractivity contribution in [3.05, 3.63) is 88.4 Å². The Balaban J connectivity index is 1.77. The van der Waals surface area contributed by atoms with E-state index in [1.54, 1.807) is 23.8 Å². The molecule has 2 heterocycles. The van der Waals surface area contributed by atoms with Crippen LogP contribution in [-0.2, 0) is 9.59 Å². The first kappa shape index (κ1) is 31.4. The molecule has 1 atom stereocenters. The highest BCUT2D eigenvalue weighted by Gasteiger charge is 2.38. The molecule has 0 bridgehead atoms. The minimum atomic E-state index is -0.384. The number of ether oxygens (including phenoxy) is 2. The monoisotopic (exact) mass is 633 g/mol. The third-order valence-electron chi connectivity index (χ3n) is 7.39. The van der Waals surface area contributed by atoms with Crippen molar-refractivity contribution in [1.29, 1.82) is 0 Å². The molecule has 11 heteroatoms. The van der Waals surface area contributed by atoms with Gasteiger partial charge in [-0.15, -0.1) is 11.8 Å². The largest absolute Gasteiger partial charge is 0.497 e. The average Bonchev–Trinajstić information content (AvgIpc) is 3.33. The molecular weight excluding hydrogens is 598 g/mol. The van der Waals surface area contributed by atoms with Gasteiger partial charge in [0.2, 0.25) is 11.8 Å². The maximum atomic E-state index is 14.0. The predicted molar refractivity (Wildman–Crippen MR) is 177 cm³/mol. The number of nitrogens with one attached hydrogen (secondary N) is 1. The smallest absolute Gasteiger partial charge is 0.240 e. The molecule has 1 aliphatic heterocycles. The molecule has 3 aromatic carbocycles. The summed E-state index contributed by atoms with van der Waals surface area (Å²) in [7, 11) is 7.13. The Morgan fingerprint density at radius 2 is 1.80 bits per heavy atom. The summed E-state index contributed by atoms with van der Waals surface area (Å²) in [6, 6.07) is 21.0. The second-order valence-corrected chi connectivity index (χ2v) is 12.3. The molecule has 44 heavy (non-hydrogen) atoms. The molecule has 0 fully saturated rings. The number of anilines is 1. The quantitative estimate of drug-likeness (QED) is 0.251. The number of amides is 2. The Kier molecular flexibility index (Phi) is 9.83. The highest BCUT2D eigenvalue weighted by Crippen LogP contribution is 2.51. The molecule has 0 aliphatic carbocycles. The first-order valence-corrected chi connectivity index (χ1v) is 15.6. The molecule has 5 rings (SSSR count). The Morgan fingerprint density at radius 1 is 1.07 bits per heavy atom. The van der Waals surface area contributed by atoms with Gasteiger partial charge in [0.05, 0.1) is 36.6 Å². The number of aryl methyl sites for hydroxylation is 1. The summed E-state index contributed by atoms with van der Waals surface area (Å²) in [5.74, 6) is 1.54. The van der Waals surface area contributed by atoms with E-state index in [-0.39, 0.29) is 29.4 Å². The molecule has 1 unspecified atom stereocenters. The van der Waals surface area contributed by atoms with Gasteiger partial charge >= 0.3 is 0 Å². The van der Waals surface area contributed by atoms with E-state index in [9.17, 15) is 9.59 Å². The number of thioether (sulfide) groups is 1. The molecule has 0 spiro atoms. The highest BCUT2D eigenvalue weighted by molar-refractivity contribution is 8.00. The summed E-state index contributed by atoms with van der Waals surface area (Å²) >= 11 is 7.75. The van der Waals surface area contributed by atoms with Gasteiger partial charge in [0.1, 0.15) is 23.9 Å². The first-order chi connectivity index (χ1) is 21.2. The van der Waals surface area contributed by atoms with E-state index in [0.717, 1.165) is 27.9 Å². The zero-order valence-corrected chi connectivity index (χ0v) is 27.0. The Labute approximate surface area is 267 Å². The number of aromatic nitrogens is 2. The number of hydrogen-bond donors (Lipinski definition) is 1. The van der Waals surface area contributed by atoms with Crippen LogP contribution in [0.25, 0.3) is 16.9 Å². The van der Waals surface area contributed by atoms with Gasteiger partial charge in [0.25, 0.3) is 0 Å². The summed E-state index contributed by atoms with van der Waals surface area (Å²) in [6.45, 7) is 3.01. The van der Waals surface area contributed by atoms with Crippen molar-refractivity contribution in [2.24, 2.45) is 0 Å². The summed E-state index contributed by atoms with van der Waals surface area (Å²) < 4.78 is 13.2. The summed E-state index contributed by atoms with van der Waals surface area (Å²) in [6.07, 6.45) is 0. The molecule has 0 saturated heterocycles. The second-order valence-electron chi connectivity index (χ2n) is 10.8. The number of carbonyl (C=O) groups excluding carboxylic acids is 2. The van der Waals surface area contributed by atoms with Gasteiger partial charge < -0.3 is 19.7 Å². The summed E-state index contributed by atoms with van der Waals surface area (Å²) in [4.78, 5) is 30.8. The molecule has 1 aliphatic rings. The Bertz CT molecular complexity index is 1640. The predicted octanol–water partition coefficient (Wildman–Crippen LogP) is 5.37. The Morgan fingerprint density at radius 3 is 2.45 bits per heavy atom. The zero-order valence-electron chi connectivity index (χ0n) is 25.5. The third kappa shape index (κ3) is 6.72. The van der Waals surface area contributed by atoms with Crippen molar-refractivity contribution in [2.45, 2.75) is 12.2 Å². The van der Waals surface area contributed by atoms with E-state index < -0.39 is 0 Å². The molecule has 4 aromatic rings. The number of halogens is 1. The highest BCUT2D eigenvalue weighted by atomic mass is 35.5. The van der Waals surface area contributed by atoms with Crippen LogP contribution in [0.5, 0.6) is 11.5 Å². The normalized spacial score (nSPS) is 14.8. The maximum Gasteiger partial charge on any atom is 0.240 e. The summed E-state index contributed by atoms with van der Waals surface area (Å²) in [5, 5.41) is 8.32. The number of carbonyl (C=O) groups is 2. The van der Waals surface area contributed by atoms with Crippen molar-refractivity contribution >= 4 is 41.0 Å². The topological polar surface area (TPSA) is 88.9 Å². The van der Waals surface area contributed by atoms with Crippen LogP contribution in [0.15, 0.2) is 66.7 Å². The average molecular weight is 634 g/mol. The van der Waals surface area contributed by atoms with E-state index in [1.165, 1.54) is 11.8 Å². The van der Waals surface area contributed by atoms with E-state index >= 15 is 0 Å². The maximum absolute atomic E-state index is 14.0. The molecule has 9 nitrogen and oxygen atoms in total. The van der Waals surface area contributed by atoms with Gasteiger partial charge in [-0.3, -0.25) is 14.5 Å². The number of benzene rings is 3. The molecule has 0 saturated carbocycles. The fourth-order valence-electron chi connectivity index (χ4n) is 5.11. The molecule has 1 aromatic heterocycles. The minimum absolute atomic E-state index is 0.138. The van der Waals surface area contributed by atoms with E-state index in [1.807, 2.05) is 92.6 Å². The lowest BCUT2D eigenvalue weighted by molar-refractivity contribution is -0.122. The fourth-order valence-corrected chi connectivity index (χ4v) is 6.45. The van der Waals surface area contributed by atoms with Crippen LogP contribution in [0, 0.1) is 6.92 Å². The molecule has 230 valence electrons. The lowest BCUT2D eigenvalue weighted by Gasteiger charge is -2.24. The van der Waals surface area contributed by atoms with E-state index in [0.29, 0.717) is 41.1 Å². The summed E-state index contributed by atoms with van der Waals surface area (Å²) in [5.41, 5.74) is 4.98. The van der Waals surface area contributed by atoms with Crippen LogP contribution in [0.4, 0.5) is 5.82 Å². The molecule has 1 N–H and O–H groups in total. The number of rotatable bonds is 10. The number of nitrogens with zero attached hydrogens (tertiary/aromatic N) is 4. The van der Waals surface area contributed by atoms with Crippen molar-refractivity contribution in [3.63, 3.8) is 0 Å². The lowest BCUT2D eigenvalue weighted by atomic mass is 9.98. The van der Waals surface area contributed by atoms with Gasteiger partial charge in [0, 0.05) is 34.8 Å². The van der Waals surface area contributed by atoms with Crippen molar-refractivity contribution in [3.8, 4) is 28.4 Å². The Hall–Kier alpha value is -3.99. The van der Waals surface area contributed by atoms with Crippen LogP contribution >= 0.6 is 23.4 Å². The van der Waals surface area contributed by atoms with Crippen molar-refractivity contribution in [1.82, 2.24) is 20.0 Å². The second kappa shape index (κ2) is 13.8. The number of methoxy groups -OCH3 is 2. The van der Waals surface area contributed by atoms with Crippen LogP contribution in [-0.4, -0.2) is 80.2 Å². The van der Waals surface area contributed by atoms with Gasteiger partial charge in [-0.1, -0.05) is 41.4 Å². The third-order valence-corrected chi connectivity index (χ3v) is 8.88. The zero-order chi connectivity index (χ0) is 31.4. The molecular formula is C33H36ClN5O4S. The molecule has 2 amide bonds. The van der Waals surface area contributed by atoms with Gasteiger partial charge in [-0.2, -0.15) is 5.10 Å². The van der Waals surface area contributed by atoms with Gasteiger partial charge in [-0.05, 0) is 63.5 Å². The lowest BCUT2D eigenvalue weighted by Crippen LogP contribution is -2.43. The van der Waals surface area contributed by atoms with Crippen LogP contribution in [0.1, 0.15) is 21.9 Å². The standard InChI is InChI=1S/C33H36ClN5O4S/c1-21-6-12-24(13-7-21)39-33-30(31(36-39)22-8-10-23(34)11-9-22)32(26-18-25(42-4)14-15-27(26)43-5)44-20-29(41)38(33)19-28(40)35-16-17-37(2)3/h6-15,18,32H,16-17,19-20H2,1-5H3,(H,35,40). The van der Waals surface area contributed by atoms with E-state index in [4.69, 9.17) is 26.2 Å². The number of likely N-dealkylation sites (N-methyl/N-ethyl adjacent to an activating group) is 1. The number of hydrogen-bond acceptors (Lipinski definition) is 7. The first-order valence-electron chi connectivity index (χ1n) is 14.2. The van der Waals surface area contributed by atoms with Crippen molar-refractivity contribution in [2.75, 3.05) is 58.6 Å². The van der Waals surface area contributed by atoms with Crippen LogP contribution in [0.3, 0.4) is 0 Å². The van der Waals surface area contributed by atoms with Gasteiger partial charge in [-0.25, -0.2) is 4.68 Å². The molecule has 0 radical (unpaired) electrons. The minimum Gasteiger partial charge on any atom is -0.497 e. The van der Waals surface area contributed by atoms with Crippen molar-refractivity contribution < 1.29 is 19.1 Å². The van der Waals surface area contributed by atoms with Gasteiger partial charge in [0.15, 0.2) is 0 Å². The fraction of sp³-hybridized carbons (Fsp3) is 0.303.